The number of methoxy groups -OCH3 is 1. The molecule has 1 fully saturated rings. The average Bonchev–Trinajstić information content (AvgIpc) is 3.17. The quantitative estimate of drug-likeness (QED) is 0.833. The van der Waals surface area contributed by atoms with E-state index in [0.29, 0.717) is 35.5 Å². The number of nitrogens with two attached hydrogens (primary N) is 1. The molecule has 1 saturated carbocycles. The molecule has 98 valence electrons. The summed E-state index contributed by atoms with van der Waals surface area (Å²) in [6.45, 7) is 1.12. The summed E-state index contributed by atoms with van der Waals surface area (Å²) < 4.78 is 5.04. The molecule has 5 heteroatoms. The molecule has 0 aliphatic heterocycles. The van der Waals surface area contributed by atoms with Gasteiger partial charge in [-0.05, 0) is 31.0 Å². The van der Waals surface area contributed by atoms with Crippen LogP contribution in [0.5, 0.6) is 0 Å². The molecule has 1 amide bonds. The summed E-state index contributed by atoms with van der Waals surface area (Å²) in [6, 6.07) is 5.30. The Balaban J connectivity index is 2.19. The van der Waals surface area contributed by atoms with Crippen molar-refractivity contribution in [1.29, 1.82) is 0 Å². The lowest BCUT2D eigenvalue weighted by Gasteiger charge is -2.22. The Morgan fingerprint density at radius 2 is 2.28 bits per heavy atom. The predicted octanol–water partition coefficient (Wildman–Crippen LogP) is 2.17. The number of nitrogens with zero attached hydrogens (tertiary/aromatic N) is 1. The van der Waals surface area contributed by atoms with Gasteiger partial charge in [-0.15, -0.1) is 0 Å². The van der Waals surface area contributed by atoms with Gasteiger partial charge in [-0.1, -0.05) is 11.6 Å². The highest BCUT2D eigenvalue weighted by atomic mass is 35.5. The van der Waals surface area contributed by atoms with Crippen LogP contribution < -0.4 is 5.73 Å². The number of hydrogen-bond acceptors (Lipinski definition) is 3. The van der Waals surface area contributed by atoms with E-state index in [4.69, 9.17) is 22.1 Å². The fourth-order valence-corrected chi connectivity index (χ4v) is 2.09. The molecule has 0 saturated heterocycles. The highest BCUT2D eigenvalue weighted by Gasteiger charge is 2.33. The predicted molar refractivity (Wildman–Crippen MR) is 71.8 cm³/mol. The Kier molecular flexibility index (Phi) is 4.09. The number of ether oxygens (including phenoxy) is 1. The number of halogens is 1. The molecule has 0 unspecified atom stereocenters. The normalized spacial score (nSPS) is 14.6. The second-order valence-electron chi connectivity index (χ2n) is 4.46. The Hall–Kier alpha value is -1.26. The van der Waals surface area contributed by atoms with Crippen LogP contribution in [0.25, 0.3) is 0 Å². The van der Waals surface area contributed by atoms with Gasteiger partial charge in [0, 0.05) is 25.4 Å². The molecule has 0 radical (unpaired) electrons. The van der Waals surface area contributed by atoms with Crippen molar-refractivity contribution in [1.82, 2.24) is 4.90 Å². The van der Waals surface area contributed by atoms with Crippen LogP contribution in [0.15, 0.2) is 18.2 Å². The minimum absolute atomic E-state index is 0.0631. The van der Waals surface area contributed by atoms with Gasteiger partial charge in [0.05, 0.1) is 17.2 Å². The third-order valence-corrected chi connectivity index (χ3v) is 3.34. The number of anilines is 1. The Bertz CT molecular complexity index is 447. The minimum atomic E-state index is -0.0631. The van der Waals surface area contributed by atoms with Crippen LogP contribution in [0, 0.1) is 0 Å². The maximum absolute atomic E-state index is 12.4. The van der Waals surface area contributed by atoms with E-state index in [1.807, 2.05) is 4.90 Å². The molecule has 0 heterocycles. The number of carbonyl (C=O) groups is 1. The standard InChI is InChI=1S/C13H17ClN2O2/c1-18-7-6-16(10-3-4-10)13(17)11-8-9(15)2-5-12(11)14/h2,5,8,10H,3-4,6-7,15H2,1H3. The fourth-order valence-electron chi connectivity index (χ4n) is 1.89. The molecule has 0 aromatic heterocycles. The van der Waals surface area contributed by atoms with Crippen molar-refractivity contribution in [3.63, 3.8) is 0 Å². The van der Waals surface area contributed by atoms with Gasteiger partial charge in [-0.3, -0.25) is 4.79 Å². The van der Waals surface area contributed by atoms with Gasteiger partial charge >= 0.3 is 0 Å². The zero-order chi connectivity index (χ0) is 13.1. The van der Waals surface area contributed by atoms with Crippen LogP contribution in [-0.4, -0.2) is 37.1 Å². The first-order chi connectivity index (χ1) is 8.63. The van der Waals surface area contributed by atoms with E-state index < -0.39 is 0 Å². The molecular formula is C13H17ClN2O2. The van der Waals surface area contributed by atoms with Crippen LogP contribution in [0.4, 0.5) is 5.69 Å². The Labute approximate surface area is 112 Å². The Morgan fingerprint density at radius 1 is 1.56 bits per heavy atom. The first kappa shape index (κ1) is 13.2. The molecule has 1 aromatic rings. The van der Waals surface area contributed by atoms with E-state index in [-0.39, 0.29) is 5.91 Å². The number of benzene rings is 1. The minimum Gasteiger partial charge on any atom is -0.399 e. The highest BCUT2D eigenvalue weighted by Crippen LogP contribution is 2.30. The van der Waals surface area contributed by atoms with E-state index in [0.717, 1.165) is 12.8 Å². The zero-order valence-electron chi connectivity index (χ0n) is 10.4. The summed E-state index contributed by atoms with van der Waals surface area (Å²) in [4.78, 5) is 14.3. The molecule has 1 aliphatic rings. The highest BCUT2D eigenvalue weighted by molar-refractivity contribution is 6.34. The van der Waals surface area contributed by atoms with Crippen LogP contribution in [-0.2, 0) is 4.74 Å². The van der Waals surface area contributed by atoms with E-state index in [2.05, 4.69) is 0 Å². The van der Waals surface area contributed by atoms with Crippen molar-refractivity contribution in [3.05, 3.63) is 28.8 Å². The molecule has 18 heavy (non-hydrogen) atoms. The molecule has 4 nitrogen and oxygen atoms in total. The van der Waals surface area contributed by atoms with Crippen LogP contribution in [0.2, 0.25) is 5.02 Å². The van der Waals surface area contributed by atoms with Crippen molar-refractivity contribution in [2.75, 3.05) is 26.0 Å². The van der Waals surface area contributed by atoms with Gasteiger partial charge in [0.2, 0.25) is 0 Å². The van der Waals surface area contributed by atoms with Crippen molar-refractivity contribution < 1.29 is 9.53 Å². The van der Waals surface area contributed by atoms with Crippen molar-refractivity contribution in [2.45, 2.75) is 18.9 Å². The lowest BCUT2D eigenvalue weighted by Crippen LogP contribution is -2.36. The molecular weight excluding hydrogens is 252 g/mol. The monoisotopic (exact) mass is 268 g/mol. The summed E-state index contributed by atoms with van der Waals surface area (Å²) in [5.41, 5.74) is 6.72. The number of nitrogen functional groups attached to an aromatic ring is 1. The SMILES string of the molecule is COCCN(C(=O)c1cc(N)ccc1Cl)C1CC1. The summed E-state index contributed by atoms with van der Waals surface area (Å²) in [7, 11) is 1.63. The molecule has 0 atom stereocenters. The van der Waals surface area contributed by atoms with Gasteiger partial charge < -0.3 is 15.4 Å². The summed E-state index contributed by atoms with van der Waals surface area (Å²) in [5, 5.41) is 0.442. The maximum Gasteiger partial charge on any atom is 0.255 e. The molecule has 0 spiro atoms. The first-order valence-corrected chi connectivity index (χ1v) is 6.36. The smallest absolute Gasteiger partial charge is 0.255 e. The number of rotatable bonds is 5. The number of carbonyl (C=O) groups excluding carboxylic acids is 1. The summed E-state index contributed by atoms with van der Waals surface area (Å²) in [6.07, 6.45) is 2.10. The number of hydrogen-bond donors (Lipinski definition) is 1. The van der Waals surface area contributed by atoms with E-state index >= 15 is 0 Å². The van der Waals surface area contributed by atoms with Crippen molar-refractivity contribution in [2.24, 2.45) is 0 Å². The number of amides is 1. The largest absolute Gasteiger partial charge is 0.399 e. The average molecular weight is 269 g/mol. The van der Waals surface area contributed by atoms with Gasteiger partial charge in [-0.2, -0.15) is 0 Å². The van der Waals surface area contributed by atoms with Gasteiger partial charge in [-0.25, -0.2) is 0 Å². The third kappa shape index (κ3) is 2.94. The second-order valence-corrected chi connectivity index (χ2v) is 4.87. The van der Waals surface area contributed by atoms with Crippen LogP contribution in [0.1, 0.15) is 23.2 Å². The summed E-state index contributed by atoms with van der Waals surface area (Å²) >= 11 is 6.06. The molecule has 2 rings (SSSR count). The van der Waals surface area contributed by atoms with E-state index in [1.54, 1.807) is 25.3 Å². The lowest BCUT2D eigenvalue weighted by atomic mass is 10.1. The van der Waals surface area contributed by atoms with Gasteiger partial charge in [0.15, 0.2) is 0 Å². The van der Waals surface area contributed by atoms with Crippen LogP contribution in [0.3, 0.4) is 0 Å². The van der Waals surface area contributed by atoms with Gasteiger partial charge in [0.1, 0.15) is 0 Å². The second kappa shape index (κ2) is 5.59. The first-order valence-electron chi connectivity index (χ1n) is 5.98. The van der Waals surface area contributed by atoms with Gasteiger partial charge in [0.25, 0.3) is 5.91 Å². The molecule has 1 aliphatic carbocycles. The third-order valence-electron chi connectivity index (χ3n) is 3.01. The zero-order valence-corrected chi connectivity index (χ0v) is 11.1. The lowest BCUT2D eigenvalue weighted by molar-refractivity contribution is 0.0680. The topological polar surface area (TPSA) is 55.6 Å². The van der Waals surface area contributed by atoms with E-state index in [9.17, 15) is 4.79 Å². The van der Waals surface area contributed by atoms with Crippen molar-refractivity contribution in [3.8, 4) is 0 Å². The fraction of sp³-hybridized carbons (Fsp3) is 0.462. The van der Waals surface area contributed by atoms with E-state index in [1.165, 1.54) is 0 Å². The molecule has 0 bridgehead atoms. The van der Waals surface area contributed by atoms with Crippen molar-refractivity contribution >= 4 is 23.2 Å². The molecule has 1 aromatic carbocycles. The molecule has 2 N–H and O–H groups in total. The maximum atomic E-state index is 12.4. The Morgan fingerprint density at radius 3 is 2.89 bits per heavy atom. The van der Waals surface area contributed by atoms with Crippen LogP contribution >= 0.6 is 11.6 Å². The summed E-state index contributed by atoms with van der Waals surface area (Å²) in [5.74, 6) is -0.0631.